The van der Waals surface area contributed by atoms with Crippen LogP contribution in [0.3, 0.4) is 0 Å². The molecular formula is C28H30Br2N2O2S. The molecule has 1 unspecified atom stereocenters. The Kier molecular flexibility index (Phi) is 11.4. The molecule has 4 nitrogen and oxygen atoms in total. The Bertz CT molecular complexity index is 1090. The van der Waals surface area contributed by atoms with Gasteiger partial charge in [0.25, 0.3) is 0 Å². The monoisotopic (exact) mass is 616 g/mol. The second kappa shape index (κ2) is 14.5. The summed E-state index contributed by atoms with van der Waals surface area (Å²) < 4.78 is 1.98. The van der Waals surface area contributed by atoms with Crippen LogP contribution in [0.1, 0.15) is 30.0 Å². The molecule has 1 N–H and O–H groups in total. The fourth-order valence-electron chi connectivity index (χ4n) is 3.67. The first-order valence-electron chi connectivity index (χ1n) is 11.6. The highest BCUT2D eigenvalue weighted by Gasteiger charge is 2.30. The van der Waals surface area contributed by atoms with Crippen molar-refractivity contribution in [1.29, 1.82) is 0 Å². The minimum Gasteiger partial charge on any atom is -0.354 e. The van der Waals surface area contributed by atoms with Gasteiger partial charge in [0, 0.05) is 34.2 Å². The maximum absolute atomic E-state index is 13.6. The zero-order valence-corrected chi connectivity index (χ0v) is 23.7. The molecule has 0 aliphatic heterocycles. The van der Waals surface area contributed by atoms with Crippen LogP contribution in [0, 0.1) is 0 Å². The number of nitrogens with one attached hydrogen (secondary N) is 1. The molecule has 7 heteroatoms. The summed E-state index contributed by atoms with van der Waals surface area (Å²) in [5.74, 6) is 0.877. The Balaban J connectivity index is 1.82. The van der Waals surface area contributed by atoms with Gasteiger partial charge in [0.2, 0.25) is 11.8 Å². The van der Waals surface area contributed by atoms with Gasteiger partial charge in [0.1, 0.15) is 6.04 Å². The first-order chi connectivity index (χ1) is 17.0. The molecule has 3 aromatic carbocycles. The van der Waals surface area contributed by atoms with E-state index < -0.39 is 6.04 Å². The fraction of sp³-hybridized carbons (Fsp3) is 0.286. The summed E-state index contributed by atoms with van der Waals surface area (Å²) in [4.78, 5) is 28.6. The van der Waals surface area contributed by atoms with Gasteiger partial charge in [-0.3, -0.25) is 9.59 Å². The van der Waals surface area contributed by atoms with E-state index in [-0.39, 0.29) is 11.8 Å². The van der Waals surface area contributed by atoms with Crippen molar-refractivity contribution in [2.45, 2.75) is 38.1 Å². The van der Waals surface area contributed by atoms with E-state index in [4.69, 9.17) is 0 Å². The summed E-state index contributed by atoms with van der Waals surface area (Å²) in [5, 5.41) is 3.02. The standard InChI is InChI=1S/C28H30Br2N2O2S/c1-2-15-31-28(34)26(17-21-7-4-3-5-8-21)32(18-23-9-6-10-25(30)16-23)27(33)20-35-19-22-11-13-24(29)14-12-22/h3-14,16,26H,2,15,17-20H2,1H3,(H,31,34). The molecule has 184 valence electrons. The number of halogens is 2. The van der Waals surface area contributed by atoms with Crippen molar-refractivity contribution in [1.82, 2.24) is 10.2 Å². The molecular weight excluding hydrogens is 588 g/mol. The molecule has 2 amide bonds. The molecule has 3 aromatic rings. The fourth-order valence-corrected chi connectivity index (χ4v) is 5.25. The molecule has 0 aliphatic rings. The van der Waals surface area contributed by atoms with Crippen LogP contribution in [0.25, 0.3) is 0 Å². The van der Waals surface area contributed by atoms with Crippen LogP contribution in [-0.4, -0.2) is 35.1 Å². The van der Waals surface area contributed by atoms with Crippen molar-refractivity contribution in [2.24, 2.45) is 0 Å². The Hall–Kier alpha value is -2.09. The molecule has 0 heterocycles. The number of nitrogens with zero attached hydrogens (tertiary/aromatic N) is 1. The van der Waals surface area contributed by atoms with E-state index >= 15 is 0 Å². The summed E-state index contributed by atoms with van der Waals surface area (Å²) in [6.07, 6.45) is 1.31. The average Bonchev–Trinajstić information content (AvgIpc) is 2.86. The summed E-state index contributed by atoms with van der Waals surface area (Å²) in [6, 6.07) is 25.3. The molecule has 0 fully saturated rings. The third-order valence-corrected chi connectivity index (χ3v) is 7.48. The van der Waals surface area contributed by atoms with Crippen LogP contribution in [0.4, 0.5) is 0 Å². The number of carbonyl (C=O) groups excluding carboxylic acids is 2. The number of thioether (sulfide) groups is 1. The summed E-state index contributed by atoms with van der Waals surface area (Å²) in [7, 11) is 0. The topological polar surface area (TPSA) is 49.4 Å². The molecule has 0 aromatic heterocycles. The van der Waals surface area contributed by atoms with Gasteiger partial charge in [0.05, 0.1) is 5.75 Å². The van der Waals surface area contributed by atoms with Crippen LogP contribution in [0.5, 0.6) is 0 Å². The molecule has 0 bridgehead atoms. The van der Waals surface area contributed by atoms with E-state index in [9.17, 15) is 9.59 Å². The lowest BCUT2D eigenvalue weighted by molar-refractivity contribution is -0.139. The predicted octanol–water partition coefficient (Wildman–Crippen LogP) is 6.61. The maximum atomic E-state index is 13.6. The molecule has 0 radical (unpaired) electrons. The van der Waals surface area contributed by atoms with Crippen molar-refractivity contribution < 1.29 is 9.59 Å². The van der Waals surface area contributed by atoms with Gasteiger partial charge in [-0.15, -0.1) is 11.8 Å². The lowest BCUT2D eigenvalue weighted by atomic mass is 10.0. The van der Waals surface area contributed by atoms with Gasteiger partial charge >= 0.3 is 0 Å². The van der Waals surface area contributed by atoms with Crippen LogP contribution in [0.15, 0.2) is 87.8 Å². The Morgan fingerprint density at radius 1 is 0.886 bits per heavy atom. The molecule has 0 spiro atoms. The van der Waals surface area contributed by atoms with E-state index in [0.29, 0.717) is 25.3 Å². The number of amides is 2. The highest BCUT2D eigenvalue weighted by atomic mass is 79.9. The van der Waals surface area contributed by atoms with E-state index in [1.54, 1.807) is 16.7 Å². The first kappa shape index (κ1) is 27.5. The number of benzene rings is 3. The molecule has 0 saturated carbocycles. The lowest BCUT2D eigenvalue weighted by Crippen LogP contribution is -2.51. The number of rotatable bonds is 12. The number of hydrogen-bond acceptors (Lipinski definition) is 3. The molecule has 35 heavy (non-hydrogen) atoms. The summed E-state index contributed by atoms with van der Waals surface area (Å²) >= 11 is 8.55. The van der Waals surface area contributed by atoms with E-state index in [1.807, 2.05) is 73.7 Å². The van der Waals surface area contributed by atoms with Gasteiger partial charge < -0.3 is 10.2 Å². The molecule has 0 aliphatic carbocycles. The largest absolute Gasteiger partial charge is 0.354 e. The van der Waals surface area contributed by atoms with Gasteiger partial charge in [-0.2, -0.15) is 0 Å². The van der Waals surface area contributed by atoms with Crippen LogP contribution >= 0.6 is 43.6 Å². The Morgan fingerprint density at radius 2 is 1.60 bits per heavy atom. The molecule has 1 atom stereocenters. The first-order valence-corrected chi connectivity index (χ1v) is 14.4. The van der Waals surface area contributed by atoms with Crippen molar-refractivity contribution in [3.63, 3.8) is 0 Å². The van der Waals surface area contributed by atoms with Gasteiger partial charge in [-0.25, -0.2) is 0 Å². The van der Waals surface area contributed by atoms with Gasteiger partial charge in [0.15, 0.2) is 0 Å². The third-order valence-electron chi connectivity index (χ3n) is 5.47. The van der Waals surface area contributed by atoms with Crippen LogP contribution < -0.4 is 5.32 Å². The average molecular weight is 618 g/mol. The summed E-state index contributed by atoms with van der Waals surface area (Å²) in [6.45, 7) is 2.98. The minimum atomic E-state index is -0.594. The highest BCUT2D eigenvalue weighted by Crippen LogP contribution is 2.21. The van der Waals surface area contributed by atoms with E-state index in [0.717, 1.165) is 37.8 Å². The third kappa shape index (κ3) is 9.13. The molecule has 0 saturated heterocycles. The normalized spacial score (nSPS) is 11.6. The smallest absolute Gasteiger partial charge is 0.243 e. The number of hydrogen-bond donors (Lipinski definition) is 1. The second-order valence-corrected chi connectivity index (χ2v) is 11.1. The lowest BCUT2D eigenvalue weighted by Gasteiger charge is -2.31. The Morgan fingerprint density at radius 3 is 2.29 bits per heavy atom. The maximum Gasteiger partial charge on any atom is 0.243 e. The number of carbonyl (C=O) groups is 2. The van der Waals surface area contributed by atoms with Gasteiger partial charge in [-0.05, 0) is 47.4 Å². The van der Waals surface area contributed by atoms with Crippen molar-refractivity contribution in [2.75, 3.05) is 12.3 Å². The van der Waals surface area contributed by atoms with Crippen molar-refractivity contribution in [3.8, 4) is 0 Å². The SMILES string of the molecule is CCCNC(=O)C(Cc1ccccc1)N(Cc1cccc(Br)c1)C(=O)CSCc1ccc(Br)cc1. The Labute approximate surface area is 229 Å². The zero-order valence-electron chi connectivity index (χ0n) is 19.8. The second-order valence-electron chi connectivity index (χ2n) is 8.27. The van der Waals surface area contributed by atoms with Gasteiger partial charge in [-0.1, -0.05) is 93.4 Å². The van der Waals surface area contributed by atoms with Crippen LogP contribution in [0.2, 0.25) is 0 Å². The van der Waals surface area contributed by atoms with Crippen molar-refractivity contribution in [3.05, 3.63) is 104 Å². The zero-order chi connectivity index (χ0) is 25.0. The predicted molar refractivity (Wildman–Crippen MR) is 152 cm³/mol. The van der Waals surface area contributed by atoms with E-state index in [1.165, 1.54) is 0 Å². The minimum absolute atomic E-state index is 0.0420. The van der Waals surface area contributed by atoms with Crippen LogP contribution in [-0.2, 0) is 28.3 Å². The molecule has 3 rings (SSSR count). The quantitative estimate of drug-likeness (QED) is 0.249. The van der Waals surface area contributed by atoms with Crippen molar-refractivity contribution >= 4 is 55.4 Å². The highest BCUT2D eigenvalue weighted by molar-refractivity contribution is 9.10. The van der Waals surface area contributed by atoms with E-state index in [2.05, 4.69) is 49.3 Å². The summed E-state index contributed by atoms with van der Waals surface area (Å²) in [5.41, 5.74) is 3.16.